The largest absolute Gasteiger partial charge is 0.352 e. The van der Waals surface area contributed by atoms with Gasteiger partial charge in [0.1, 0.15) is 0 Å². The molecule has 1 aliphatic heterocycles. The van der Waals surface area contributed by atoms with Crippen LogP contribution < -0.4 is 10.6 Å². The second kappa shape index (κ2) is 11.7. The molecule has 0 unspecified atom stereocenters. The Morgan fingerprint density at radius 3 is 2.26 bits per heavy atom. The standard InChI is InChI=1S/C21H30N4S.HI/c1-17-6-11-20(26-17)15-24-21(22-2)23-14-18-7-9-19(10-8-18)16-25-12-4-3-5-13-25;/h6-11H,3-5,12-16H2,1-2H3,(H2,22,23,24);1H. The number of aliphatic imine (C=N–C) groups is 1. The lowest BCUT2D eigenvalue weighted by molar-refractivity contribution is 0.221. The van der Waals surface area contributed by atoms with Crippen LogP contribution in [0.4, 0.5) is 0 Å². The summed E-state index contributed by atoms with van der Waals surface area (Å²) in [4.78, 5) is 9.54. The lowest BCUT2D eigenvalue weighted by Crippen LogP contribution is -2.36. The van der Waals surface area contributed by atoms with Crippen molar-refractivity contribution >= 4 is 41.3 Å². The molecule has 0 radical (unpaired) electrons. The number of guanidine groups is 1. The fourth-order valence-electron chi connectivity index (χ4n) is 3.30. The summed E-state index contributed by atoms with van der Waals surface area (Å²) in [6, 6.07) is 13.3. The first-order chi connectivity index (χ1) is 12.7. The number of nitrogens with zero attached hydrogens (tertiary/aromatic N) is 2. The second-order valence-corrected chi connectivity index (χ2v) is 8.32. The normalized spacial score (nSPS) is 15.3. The van der Waals surface area contributed by atoms with Crippen molar-refractivity contribution in [3.63, 3.8) is 0 Å². The molecule has 1 aromatic carbocycles. The van der Waals surface area contributed by atoms with Crippen molar-refractivity contribution < 1.29 is 0 Å². The zero-order chi connectivity index (χ0) is 18.2. The molecular formula is C21H31IN4S. The van der Waals surface area contributed by atoms with Gasteiger partial charge in [-0.2, -0.15) is 0 Å². The zero-order valence-electron chi connectivity index (χ0n) is 16.3. The number of halogens is 1. The molecule has 148 valence electrons. The maximum atomic E-state index is 4.31. The highest BCUT2D eigenvalue weighted by molar-refractivity contribution is 14.0. The number of nitrogens with one attached hydrogen (secondary N) is 2. The average molecular weight is 498 g/mol. The average Bonchev–Trinajstić information content (AvgIpc) is 3.09. The van der Waals surface area contributed by atoms with Crippen molar-refractivity contribution in [1.29, 1.82) is 0 Å². The molecule has 2 N–H and O–H groups in total. The minimum Gasteiger partial charge on any atom is -0.352 e. The Morgan fingerprint density at radius 2 is 1.63 bits per heavy atom. The van der Waals surface area contributed by atoms with Crippen LogP contribution in [0.2, 0.25) is 0 Å². The maximum Gasteiger partial charge on any atom is 0.191 e. The van der Waals surface area contributed by atoms with Crippen LogP contribution in [-0.4, -0.2) is 31.0 Å². The fraction of sp³-hybridized carbons (Fsp3) is 0.476. The lowest BCUT2D eigenvalue weighted by Gasteiger charge is -2.26. The third-order valence-corrected chi connectivity index (χ3v) is 5.79. The number of hydrogen-bond acceptors (Lipinski definition) is 3. The minimum atomic E-state index is 0. The van der Waals surface area contributed by atoms with Crippen molar-refractivity contribution in [2.24, 2.45) is 4.99 Å². The van der Waals surface area contributed by atoms with Crippen LogP contribution in [0.5, 0.6) is 0 Å². The van der Waals surface area contributed by atoms with E-state index in [1.807, 2.05) is 18.4 Å². The van der Waals surface area contributed by atoms with Gasteiger partial charge in [0.25, 0.3) is 0 Å². The van der Waals surface area contributed by atoms with E-state index in [0.29, 0.717) is 0 Å². The van der Waals surface area contributed by atoms with Crippen molar-refractivity contribution in [2.45, 2.75) is 45.8 Å². The Kier molecular flexibility index (Phi) is 9.58. The van der Waals surface area contributed by atoms with Gasteiger partial charge >= 0.3 is 0 Å². The topological polar surface area (TPSA) is 39.7 Å². The van der Waals surface area contributed by atoms with Gasteiger partial charge in [-0.3, -0.25) is 9.89 Å². The Morgan fingerprint density at radius 1 is 0.963 bits per heavy atom. The quantitative estimate of drug-likeness (QED) is 0.350. The van der Waals surface area contributed by atoms with Gasteiger partial charge in [0, 0.05) is 29.9 Å². The van der Waals surface area contributed by atoms with Crippen LogP contribution in [0.1, 0.15) is 40.1 Å². The van der Waals surface area contributed by atoms with Crippen LogP contribution in [0, 0.1) is 6.92 Å². The van der Waals surface area contributed by atoms with Crippen LogP contribution in [-0.2, 0) is 19.6 Å². The molecule has 0 amide bonds. The van der Waals surface area contributed by atoms with Gasteiger partial charge in [-0.05, 0) is 56.1 Å². The molecule has 6 heteroatoms. The summed E-state index contributed by atoms with van der Waals surface area (Å²) in [5.74, 6) is 0.841. The number of aryl methyl sites for hydroxylation is 1. The SMILES string of the molecule is CN=C(NCc1ccc(CN2CCCCC2)cc1)NCc1ccc(C)s1.I. The highest BCUT2D eigenvalue weighted by Crippen LogP contribution is 2.15. The van der Waals surface area contributed by atoms with Crippen molar-refractivity contribution in [3.05, 3.63) is 57.3 Å². The number of rotatable bonds is 6. The second-order valence-electron chi connectivity index (χ2n) is 6.94. The molecule has 27 heavy (non-hydrogen) atoms. The summed E-state index contributed by atoms with van der Waals surface area (Å²) in [6.45, 7) is 7.30. The van der Waals surface area contributed by atoms with Crippen molar-refractivity contribution in [3.8, 4) is 0 Å². The third-order valence-electron chi connectivity index (χ3n) is 4.79. The molecule has 3 rings (SSSR count). The van der Waals surface area contributed by atoms with E-state index < -0.39 is 0 Å². The molecule has 1 saturated heterocycles. The molecule has 1 fully saturated rings. The first-order valence-corrected chi connectivity index (χ1v) is 10.3. The molecule has 0 saturated carbocycles. The number of likely N-dealkylation sites (tertiary alicyclic amines) is 1. The number of benzene rings is 1. The van der Waals surface area contributed by atoms with Crippen LogP contribution in [0.15, 0.2) is 41.4 Å². The summed E-state index contributed by atoms with van der Waals surface area (Å²) in [5.41, 5.74) is 2.69. The van der Waals surface area contributed by atoms with Gasteiger partial charge in [-0.1, -0.05) is 30.7 Å². The molecule has 1 aliphatic rings. The number of piperidine rings is 1. The zero-order valence-corrected chi connectivity index (χ0v) is 19.5. The fourth-order valence-corrected chi connectivity index (χ4v) is 4.13. The Bertz CT molecular complexity index is 705. The van der Waals surface area contributed by atoms with E-state index in [0.717, 1.165) is 25.6 Å². The lowest BCUT2D eigenvalue weighted by atomic mass is 10.1. The predicted molar refractivity (Wildman–Crippen MR) is 127 cm³/mol. The molecule has 2 heterocycles. The first-order valence-electron chi connectivity index (χ1n) is 9.53. The molecule has 2 aromatic rings. The summed E-state index contributed by atoms with van der Waals surface area (Å²) in [5, 5.41) is 6.77. The number of hydrogen-bond donors (Lipinski definition) is 2. The smallest absolute Gasteiger partial charge is 0.191 e. The molecule has 0 aliphatic carbocycles. The molecular weight excluding hydrogens is 467 g/mol. The molecule has 0 atom stereocenters. The molecule has 0 bridgehead atoms. The van der Waals surface area contributed by atoms with E-state index in [4.69, 9.17) is 0 Å². The van der Waals surface area contributed by atoms with Crippen LogP contribution in [0.25, 0.3) is 0 Å². The molecule has 0 spiro atoms. The van der Waals surface area contributed by atoms with Crippen LogP contribution in [0.3, 0.4) is 0 Å². The van der Waals surface area contributed by atoms with Crippen molar-refractivity contribution in [1.82, 2.24) is 15.5 Å². The molecule has 4 nitrogen and oxygen atoms in total. The van der Waals surface area contributed by atoms with E-state index in [2.05, 4.69) is 63.8 Å². The summed E-state index contributed by atoms with van der Waals surface area (Å²) >= 11 is 1.82. The minimum absolute atomic E-state index is 0. The van der Waals surface area contributed by atoms with E-state index in [1.165, 1.54) is 53.2 Å². The van der Waals surface area contributed by atoms with Crippen LogP contribution >= 0.6 is 35.3 Å². The van der Waals surface area contributed by atoms with Gasteiger partial charge in [-0.15, -0.1) is 35.3 Å². The van der Waals surface area contributed by atoms with E-state index in [1.54, 1.807) is 0 Å². The Balaban J connectivity index is 0.00000261. The van der Waals surface area contributed by atoms with Gasteiger partial charge in [0.2, 0.25) is 0 Å². The highest BCUT2D eigenvalue weighted by atomic mass is 127. The van der Waals surface area contributed by atoms with E-state index in [9.17, 15) is 0 Å². The first kappa shape index (κ1) is 22.2. The number of thiophene rings is 1. The van der Waals surface area contributed by atoms with Gasteiger partial charge in [0.05, 0.1) is 6.54 Å². The maximum absolute atomic E-state index is 4.31. The Hall–Kier alpha value is -1.12. The monoisotopic (exact) mass is 498 g/mol. The predicted octanol–water partition coefficient (Wildman–Crippen LogP) is 4.53. The summed E-state index contributed by atoms with van der Waals surface area (Å²) < 4.78 is 0. The Labute approximate surface area is 184 Å². The van der Waals surface area contributed by atoms with Gasteiger partial charge in [0.15, 0.2) is 5.96 Å². The van der Waals surface area contributed by atoms with Crippen molar-refractivity contribution in [2.75, 3.05) is 20.1 Å². The highest BCUT2D eigenvalue weighted by Gasteiger charge is 2.10. The molecule has 1 aromatic heterocycles. The summed E-state index contributed by atoms with van der Waals surface area (Å²) in [6.07, 6.45) is 4.08. The van der Waals surface area contributed by atoms with Gasteiger partial charge < -0.3 is 10.6 Å². The van der Waals surface area contributed by atoms with Gasteiger partial charge in [-0.25, -0.2) is 0 Å². The van der Waals surface area contributed by atoms with E-state index >= 15 is 0 Å². The van der Waals surface area contributed by atoms with E-state index in [-0.39, 0.29) is 24.0 Å². The summed E-state index contributed by atoms with van der Waals surface area (Å²) in [7, 11) is 1.82. The third kappa shape index (κ3) is 7.43.